The number of nitrogens with zero attached hydrogens (tertiary/aromatic N) is 4. The average molecular weight is 507 g/mol. The van der Waals surface area contributed by atoms with Crippen LogP contribution in [0, 0.1) is 0 Å². The van der Waals surface area contributed by atoms with Crippen LogP contribution in [0.4, 0.5) is 0 Å². The zero-order valence-corrected chi connectivity index (χ0v) is 21.3. The molecule has 0 radical (unpaired) electrons. The molecule has 1 atom stereocenters. The monoisotopic (exact) mass is 506 g/mol. The lowest BCUT2D eigenvalue weighted by atomic mass is 9.97. The fourth-order valence-electron chi connectivity index (χ4n) is 5.62. The van der Waals surface area contributed by atoms with Crippen LogP contribution in [0.15, 0.2) is 114 Å². The number of thioether (sulfide) groups is 1. The molecule has 0 N–H and O–H groups in total. The van der Waals surface area contributed by atoms with Crippen molar-refractivity contribution in [1.29, 1.82) is 0 Å². The summed E-state index contributed by atoms with van der Waals surface area (Å²) in [4.78, 5) is 17.7. The zero-order valence-electron chi connectivity index (χ0n) is 20.5. The lowest BCUT2D eigenvalue weighted by molar-refractivity contribution is 0.799. The highest BCUT2D eigenvalue weighted by molar-refractivity contribution is 8.08. The molecular weight excluding hydrogens is 484 g/mol. The summed E-state index contributed by atoms with van der Waals surface area (Å²) in [5, 5.41) is 3.85. The van der Waals surface area contributed by atoms with E-state index in [1.165, 1.54) is 37.0 Å². The van der Waals surface area contributed by atoms with Crippen molar-refractivity contribution >= 4 is 33.6 Å². The first-order valence-electron chi connectivity index (χ1n) is 12.8. The highest BCUT2D eigenvalue weighted by Gasteiger charge is 2.28. The minimum absolute atomic E-state index is 0.0439. The fourth-order valence-corrected chi connectivity index (χ4v) is 6.86. The maximum atomic E-state index is 5.06. The molecule has 2 aliphatic rings. The van der Waals surface area contributed by atoms with Gasteiger partial charge in [-0.3, -0.25) is 0 Å². The van der Waals surface area contributed by atoms with Gasteiger partial charge in [0.1, 0.15) is 5.82 Å². The largest absolute Gasteiger partial charge is 0.307 e. The summed E-state index contributed by atoms with van der Waals surface area (Å²) in [6.45, 7) is 0. The van der Waals surface area contributed by atoms with Gasteiger partial charge in [0, 0.05) is 37.5 Å². The second-order valence-electron chi connectivity index (χ2n) is 9.66. The standard InChI is InChI=1S/C33H22N4S/c1-3-11-21(12-4-1)31-34-32(22-13-5-2-6-14-22)36-33(35-31)23-19-25-24-15-7-8-16-26(24)37-27-17-9-10-18-28(27)38-29(20-23)30(25)37/h1-19,23H,20H2. The van der Waals surface area contributed by atoms with Gasteiger partial charge in [-0.1, -0.05) is 109 Å². The molecule has 1 aliphatic heterocycles. The van der Waals surface area contributed by atoms with E-state index in [9.17, 15) is 0 Å². The Balaban J connectivity index is 1.37. The summed E-state index contributed by atoms with van der Waals surface area (Å²) >= 11 is 1.88. The van der Waals surface area contributed by atoms with Crippen LogP contribution in [0.2, 0.25) is 0 Å². The lowest BCUT2D eigenvalue weighted by Gasteiger charge is -2.24. The van der Waals surface area contributed by atoms with Crippen LogP contribution in [0.1, 0.15) is 18.2 Å². The van der Waals surface area contributed by atoms with Gasteiger partial charge in [-0.15, -0.1) is 0 Å². The lowest BCUT2D eigenvalue weighted by Crippen LogP contribution is -2.36. The molecular formula is C33H22N4S. The first-order valence-corrected chi connectivity index (χ1v) is 13.6. The van der Waals surface area contributed by atoms with E-state index in [0.29, 0.717) is 11.6 Å². The van der Waals surface area contributed by atoms with E-state index in [4.69, 9.17) is 15.0 Å². The number of hydrogen-bond acceptors (Lipinski definition) is 4. The molecule has 5 heteroatoms. The predicted octanol–water partition coefficient (Wildman–Crippen LogP) is 6.33. The maximum Gasteiger partial charge on any atom is 0.163 e. The number of hydrogen-bond donors (Lipinski definition) is 0. The van der Waals surface area contributed by atoms with Crippen LogP contribution in [-0.4, -0.2) is 19.5 Å². The van der Waals surface area contributed by atoms with E-state index in [2.05, 4.69) is 83.4 Å². The van der Waals surface area contributed by atoms with Crippen molar-refractivity contribution in [2.75, 3.05) is 0 Å². The van der Waals surface area contributed by atoms with Crippen LogP contribution in [0.5, 0.6) is 0 Å². The van der Waals surface area contributed by atoms with Crippen molar-refractivity contribution in [2.24, 2.45) is 0 Å². The van der Waals surface area contributed by atoms with Gasteiger partial charge in [0.05, 0.1) is 16.6 Å². The third-order valence-corrected chi connectivity index (χ3v) is 8.51. The summed E-state index contributed by atoms with van der Waals surface area (Å²) in [5.41, 5.74) is 4.48. The van der Waals surface area contributed by atoms with E-state index in [1.807, 2.05) is 48.2 Å². The highest BCUT2D eigenvalue weighted by atomic mass is 32.2. The first kappa shape index (κ1) is 21.6. The molecule has 3 heterocycles. The van der Waals surface area contributed by atoms with E-state index in [-0.39, 0.29) is 5.92 Å². The summed E-state index contributed by atoms with van der Waals surface area (Å²) in [6.07, 6.45) is 3.24. The number of rotatable bonds is 3. The van der Waals surface area contributed by atoms with Gasteiger partial charge >= 0.3 is 0 Å². The molecule has 1 aliphatic carbocycles. The van der Waals surface area contributed by atoms with E-state index in [1.54, 1.807) is 0 Å². The summed E-state index contributed by atoms with van der Waals surface area (Å²) < 4.78 is 2.44. The molecule has 4 nitrogen and oxygen atoms in total. The van der Waals surface area contributed by atoms with Gasteiger partial charge in [0.15, 0.2) is 11.6 Å². The van der Waals surface area contributed by atoms with Gasteiger partial charge < -0.3 is 4.57 Å². The van der Waals surface area contributed by atoms with Gasteiger partial charge in [-0.25, -0.2) is 15.0 Å². The van der Waals surface area contributed by atoms with Crippen LogP contribution in [0.25, 0.3) is 50.3 Å². The van der Waals surface area contributed by atoms with Crippen LogP contribution in [0.3, 0.4) is 0 Å². The van der Waals surface area contributed by atoms with Crippen molar-refractivity contribution in [3.63, 3.8) is 0 Å². The second kappa shape index (κ2) is 8.54. The molecule has 6 aromatic rings. The maximum absolute atomic E-state index is 5.06. The molecule has 0 fully saturated rings. The topological polar surface area (TPSA) is 43.6 Å². The van der Waals surface area contributed by atoms with E-state index < -0.39 is 0 Å². The van der Waals surface area contributed by atoms with Gasteiger partial charge in [-0.2, -0.15) is 0 Å². The second-order valence-corrected chi connectivity index (χ2v) is 10.8. The molecule has 0 saturated carbocycles. The Hall–Kier alpha value is -4.48. The quantitative estimate of drug-likeness (QED) is 0.281. The molecule has 180 valence electrons. The van der Waals surface area contributed by atoms with Crippen LogP contribution >= 0.6 is 11.8 Å². The Labute approximate surface area is 224 Å². The fraction of sp³-hybridized carbons (Fsp3) is 0.0606. The molecule has 4 aromatic carbocycles. The molecule has 0 spiro atoms. The first-order chi connectivity index (χ1) is 18.8. The van der Waals surface area contributed by atoms with Gasteiger partial charge in [-0.05, 0) is 24.6 Å². The van der Waals surface area contributed by atoms with Crippen molar-refractivity contribution in [3.05, 3.63) is 126 Å². The smallest absolute Gasteiger partial charge is 0.163 e. The van der Waals surface area contributed by atoms with Crippen molar-refractivity contribution in [2.45, 2.75) is 17.2 Å². The van der Waals surface area contributed by atoms with Gasteiger partial charge in [0.25, 0.3) is 0 Å². The Bertz CT molecular complexity index is 1920. The zero-order chi connectivity index (χ0) is 25.1. The minimum atomic E-state index is 0.0439. The van der Waals surface area contributed by atoms with Crippen LogP contribution < -0.4 is 10.6 Å². The Morgan fingerprint density at radius 3 is 2.03 bits per heavy atom. The molecule has 0 amide bonds. The summed E-state index contributed by atoms with van der Waals surface area (Å²) in [5.74, 6) is 2.28. The molecule has 2 aromatic heterocycles. The van der Waals surface area contributed by atoms with Crippen LogP contribution in [-0.2, 0) is 0 Å². The van der Waals surface area contributed by atoms with Crippen molar-refractivity contribution < 1.29 is 0 Å². The van der Waals surface area contributed by atoms with Crippen molar-refractivity contribution in [1.82, 2.24) is 19.5 Å². The average Bonchev–Trinajstić information content (AvgIpc) is 3.33. The number of aromatic nitrogens is 4. The molecule has 1 unspecified atom stereocenters. The summed E-state index contributed by atoms with van der Waals surface area (Å²) in [7, 11) is 0. The van der Waals surface area contributed by atoms with Gasteiger partial charge in [0.2, 0.25) is 0 Å². The molecule has 0 saturated heterocycles. The Morgan fingerprint density at radius 2 is 1.29 bits per heavy atom. The normalized spacial score (nSPS) is 15.6. The highest BCUT2D eigenvalue weighted by Crippen LogP contribution is 2.42. The predicted molar refractivity (Wildman–Crippen MR) is 154 cm³/mol. The van der Waals surface area contributed by atoms with E-state index >= 15 is 0 Å². The number of para-hydroxylation sites is 2. The number of benzene rings is 4. The Kier molecular flexibility index (Phi) is 4.85. The third-order valence-electron chi connectivity index (χ3n) is 7.34. The molecule has 8 rings (SSSR count). The van der Waals surface area contributed by atoms with Crippen molar-refractivity contribution in [3.8, 4) is 28.5 Å². The number of fused-ring (bicyclic) bond motifs is 5. The SMILES string of the molecule is C1=c2c3n(c4ccccc24)-c2ccccc2SC=3CC1c1nc(-c2ccccc2)nc(-c2ccccc2)n1. The van der Waals surface area contributed by atoms with E-state index in [0.717, 1.165) is 23.4 Å². The third kappa shape index (κ3) is 3.36. The minimum Gasteiger partial charge on any atom is -0.307 e. The molecule has 38 heavy (non-hydrogen) atoms. The summed E-state index contributed by atoms with van der Waals surface area (Å²) in [6, 6.07) is 37.8. The molecule has 0 bridgehead atoms. The Morgan fingerprint density at radius 1 is 0.658 bits per heavy atom.